The standard InChI is InChI=1S/C16H19NO3/c1-10-11(2)17(12(3)15(10)16(18)19)9-13-5-7-14(20-4)8-6-13/h5-8H,9H2,1-4H3,(H,18,19). The maximum Gasteiger partial charge on any atom is 0.337 e. The molecule has 0 saturated carbocycles. The van der Waals surface area contributed by atoms with Crippen molar-refractivity contribution in [3.05, 3.63) is 52.3 Å². The fourth-order valence-corrected chi connectivity index (χ4v) is 2.51. The number of nitrogens with zero attached hydrogens (tertiary/aromatic N) is 1. The van der Waals surface area contributed by atoms with Gasteiger partial charge in [-0.05, 0) is 44.0 Å². The summed E-state index contributed by atoms with van der Waals surface area (Å²) in [7, 11) is 1.64. The summed E-state index contributed by atoms with van der Waals surface area (Å²) >= 11 is 0. The third-order valence-electron chi connectivity index (χ3n) is 3.80. The number of aromatic carboxylic acids is 1. The molecule has 4 nitrogen and oxygen atoms in total. The summed E-state index contributed by atoms with van der Waals surface area (Å²) in [6, 6.07) is 7.81. The van der Waals surface area contributed by atoms with E-state index in [2.05, 4.69) is 0 Å². The van der Waals surface area contributed by atoms with Crippen LogP contribution >= 0.6 is 0 Å². The van der Waals surface area contributed by atoms with E-state index in [1.54, 1.807) is 7.11 Å². The SMILES string of the molecule is COc1ccc(Cn2c(C)c(C)c(C(=O)O)c2C)cc1. The molecule has 0 aliphatic rings. The zero-order chi connectivity index (χ0) is 14.9. The van der Waals surface area contributed by atoms with E-state index in [9.17, 15) is 9.90 Å². The lowest BCUT2D eigenvalue weighted by Crippen LogP contribution is -2.05. The predicted molar refractivity (Wildman–Crippen MR) is 77.7 cm³/mol. The molecular weight excluding hydrogens is 254 g/mol. The monoisotopic (exact) mass is 273 g/mol. The van der Waals surface area contributed by atoms with E-state index >= 15 is 0 Å². The third kappa shape index (κ3) is 2.41. The van der Waals surface area contributed by atoms with Crippen LogP contribution in [0.25, 0.3) is 0 Å². The highest BCUT2D eigenvalue weighted by Crippen LogP contribution is 2.23. The van der Waals surface area contributed by atoms with Gasteiger partial charge in [0.2, 0.25) is 0 Å². The normalized spacial score (nSPS) is 10.6. The van der Waals surface area contributed by atoms with Gasteiger partial charge in [-0.25, -0.2) is 4.79 Å². The van der Waals surface area contributed by atoms with Crippen molar-refractivity contribution < 1.29 is 14.6 Å². The second kappa shape index (κ2) is 5.41. The number of rotatable bonds is 4. The van der Waals surface area contributed by atoms with Crippen molar-refractivity contribution in [1.82, 2.24) is 4.57 Å². The molecular formula is C16H19NO3. The molecule has 0 saturated heterocycles. The van der Waals surface area contributed by atoms with Crippen LogP contribution < -0.4 is 4.74 Å². The number of hydrogen-bond acceptors (Lipinski definition) is 2. The molecule has 0 fully saturated rings. The summed E-state index contributed by atoms with van der Waals surface area (Å²) in [5.41, 5.74) is 4.16. The van der Waals surface area contributed by atoms with Gasteiger partial charge in [0.1, 0.15) is 5.75 Å². The molecule has 0 atom stereocenters. The molecule has 0 spiro atoms. The Morgan fingerprint density at radius 2 is 1.75 bits per heavy atom. The smallest absolute Gasteiger partial charge is 0.337 e. The molecule has 1 N–H and O–H groups in total. The highest BCUT2D eigenvalue weighted by atomic mass is 16.5. The zero-order valence-electron chi connectivity index (χ0n) is 12.2. The first-order valence-corrected chi connectivity index (χ1v) is 6.48. The summed E-state index contributed by atoms with van der Waals surface area (Å²) in [5.74, 6) is -0.0475. The van der Waals surface area contributed by atoms with E-state index in [0.29, 0.717) is 12.1 Å². The van der Waals surface area contributed by atoms with Gasteiger partial charge in [-0.1, -0.05) is 12.1 Å². The van der Waals surface area contributed by atoms with Crippen molar-refractivity contribution in [1.29, 1.82) is 0 Å². The maximum absolute atomic E-state index is 11.3. The van der Waals surface area contributed by atoms with Gasteiger partial charge in [0.25, 0.3) is 0 Å². The summed E-state index contributed by atoms with van der Waals surface area (Å²) in [6.45, 7) is 6.33. The van der Waals surface area contributed by atoms with Crippen LogP contribution in [0.3, 0.4) is 0 Å². The number of ether oxygens (including phenoxy) is 1. The maximum atomic E-state index is 11.3. The van der Waals surface area contributed by atoms with Gasteiger partial charge in [0.15, 0.2) is 0 Å². The van der Waals surface area contributed by atoms with Crippen molar-refractivity contribution in [2.75, 3.05) is 7.11 Å². The number of carboxylic acids is 1. The van der Waals surface area contributed by atoms with Gasteiger partial charge in [-0.2, -0.15) is 0 Å². The summed E-state index contributed by atoms with van der Waals surface area (Å²) in [6.07, 6.45) is 0. The minimum atomic E-state index is -0.864. The minimum Gasteiger partial charge on any atom is -0.497 e. The van der Waals surface area contributed by atoms with Crippen LogP contribution in [-0.4, -0.2) is 22.8 Å². The number of carbonyl (C=O) groups is 1. The van der Waals surface area contributed by atoms with Crippen LogP contribution in [0.5, 0.6) is 5.75 Å². The van der Waals surface area contributed by atoms with Gasteiger partial charge >= 0.3 is 5.97 Å². The average Bonchev–Trinajstić information content (AvgIpc) is 2.63. The molecule has 1 aromatic heterocycles. The van der Waals surface area contributed by atoms with Crippen LogP contribution in [0, 0.1) is 20.8 Å². The fourth-order valence-electron chi connectivity index (χ4n) is 2.51. The van der Waals surface area contributed by atoms with Crippen molar-refractivity contribution in [3.8, 4) is 5.75 Å². The molecule has 0 aliphatic heterocycles. The van der Waals surface area contributed by atoms with E-state index in [-0.39, 0.29) is 0 Å². The number of methoxy groups -OCH3 is 1. The van der Waals surface area contributed by atoms with Crippen LogP contribution in [0.4, 0.5) is 0 Å². The predicted octanol–water partition coefficient (Wildman–Crippen LogP) is 3.17. The Kier molecular flexibility index (Phi) is 3.84. The number of hydrogen-bond donors (Lipinski definition) is 1. The number of benzene rings is 1. The lowest BCUT2D eigenvalue weighted by molar-refractivity contribution is 0.0695. The fraction of sp³-hybridized carbons (Fsp3) is 0.312. The molecule has 0 unspecified atom stereocenters. The van der Waals surface area contributed by atoms with Crippen molar-refractivity contribution in [3.63, 3.8) is 0 Å². The summed E-state index contributed by atoms with van der Waals surface area (Å²) in [4.78, 5) is 11.3. The third-order valence-corrected chi connectivity index (χ3v) is 3.80. The first-order chi connectivity index (χ1) is 9.45. The largest absolute Gasteiger partial charge is 0.497 e. The Morgan fingerprint density at radius 1 is 1.15 bits per heavy atom. The van der Waals surface area contributed by atoms with Crippen LogP contribution in [0.2, 0.25) is 0 Å². The molecule has 0 amide bonds. The van der Waals surface area contributed by atoms with E-state index in [1.807, 2.05) is 49.6 Å². The lowest BCUT2D eigenvalue weighted by atomic mass is 10.1. The quantitative estimate of drug-likeness (QED) is 0.931. The van der Waals surface area contributed by atoms with E-state index < -0.39 is 5.97 Å². The average molecular weight is 273 g/mol. The second-order valence-corrected chi connectivity index (χ2v) is 4.91. The Hall–Kier alpha value is -2.23. The molecule has 2 aromatic rings. The highest BCUT2D eigenvalue weighted by molar-refractivity contribution is 5.91. The van der Waals surface area contributed by atoms with Gasteiger partial charge in [0, 0.05) is 17.9 Å². The van der Waals surface area contributed by atoms with E-state index in [1.165, 1.54) is 0 Å². The molecule has 0 aliphatic carbocycles. The summed E-state index contributed by atoms with van der Waals surface area (Å²) in [5, 5.41) is 9.29. The van der Waals surface area contributed by atoms with Gasteiger partial charge < -0.3 is 14.4 Å². The van der Waals surface area contributed by atoms with Crippen LogP contribution in [-0.2, 0) is 6.54 Å². The Bertz CT molecular complexity index is 639. The lowest BCUT2D eigenvalue weighted by Gasteiger charge is -2.10. The zero-order valence-corrected chi connectivity index (χ0v) is 12.2. The van der Waals surface area contributed by atoms with Gasteiger partial charge in [0.05, 0.1) is 12.7 Å². The van der Waals surface area contributed by atoms with Gasteiger partial charge in [-0.3, -0.25) is 0 Å². The van der Waals surface area contributed by atoms with Gasteiger partial charge in [-0.15, -0.1) is 0 Å². The highest BCUT2D eigenvalue weighted by Gasteiger charge is 2.19. The van der Waals surface area contributed by atoms with Crippen LogP contribution in [0.15, 0.2) is 24.3 Å². The van der Waals surface area contributed by atoms with Crippen LogP contribution in [0.1, 0.15) is 32.9 Å². The Morgan fingerprint density at radius 3 is 2.20 bits per heavy atom. The topological polar surface area (TPSA) is 51.5 Å². The molecule has 1 heterocycles. The molecule has 106 valence electrons. The van der Waals surface area contributed by atoms with E-state index in [0.717, 1.165) is 28.3 Å². The van der Waals surface area contributed by atoms with Crippen molar-refractivity contribution in [2.45, 2.75) is 27.3 Å². The Balaban J connectivity index is 2.38. The molecule has 1 aromatic carbocycles. The minimum absolute atomic E-state index is 0.413. The molecule has 0 bridgehead atoms. The van der Waals surface area contributed by atoms with Crippen molar-refractivity contribution in [2.24, 2.45) is 0 Å². The van der Waals surface area contributed by atoms with E-state index in [4.69, 9.17) is 4.74 Å². The van der Waals surface area contributed by atoms with Crippen molar-refractivity contribution >= 4 is 5.97 Å². The molecule has 0 radical (unpaired) electrons. The first-order valence-electron chi connectivity index (χ1n) is 6.48. The number of aromatic nitrogens is 1. The number of carboxylic acid groups (broad SMARTS) is 1. The molecule has 20 heavy (non-hydrogen) atoms. The molecule has 4 heteroatoms. The summed E-state index contributed by atoms with van der Waals surface area (Å²) < 4.78 is 7.18. The second-order valence-electron chi connectivity index (χ2n) is 4.91. The Labute approximate surface area is 118 Å². The molecule has 2 rings (SSSR count). The first kappa shape index (κ1) is 14.2.